The summed E-state index contributed by atoms with van der Waals surface area (Å²) in [5, 5.41) is 0. The minimum Gasteiger partial charge on any atom is -0.412 e. The van der Waals surface area contributed by atoms with Crippen molar-refractivity contribution in [2.45, 2.75) is 39.0 Å². The Morgan fingerprint density at radius 3 is 2.64 bits per heavy atom. The van der Waals surface area contributed by atoms with Crippen LogP contribution in [0.4, 0.5) is 0 Å². The molecule has 1 heteroatoms. The average molecular weight is 152 g/mol. The van der Waals surface area contributed by atoms with Crippen LogP contribution in [0.3, 0.4) is 0 Å². The van der Waals surface area contributed by atoms with Gasteiger partial charge in [0.25, 0.3) is 0 Å². The van der Waals surface area contributed by atoms with Crippen molar-refractivity contribution >= 4 is 0 Å². The van der Waals surface area contributed by atoms with E-state index >= 15 is 0 Å². The topological polar surface area (TPSA) is 31.5 Å². The molecule has 0 spiro atoms. The zero-order chi connectivity index (χ0) is 6.97. The molecule has 0 atom stereocenters. The molecule has 1 nitrogen and oxygen atoms in total. The Hall–Kier alpha value is -0.560. The van der Waals surface area contributed by atoms with E-state index in [4.69, 9.17) is 0 Å². The first-order chi connectivity index (χ1) is 4.88. The molecule has 2 rings (SSSR count). The molecular weight excluding hydrogens is 136 g/mol. The van der Waals surface area contributed by atoms with E-state index < -0.39 is 0 Å². The van der Waals surface area contributed by atoms with Crippen molar-refractivity contribution in [3.05, 3.63) is 22.8 Å². The Balaban J connectivity index is 0.000000605. The van der Waals surface area contributed by atoms with E-state index in [1.807, 2.05) is 0 Å². The average Bonchev–Trinajstić information content (AvgIpc) is 2.34. The van der Waals surface area contributed by atoms with E-state index in [2.05, 4.69) is 13.0 Å². The lowest BCUT2D eigenvalue weighted by atomic mass is 9.91. The minimum absolute atomic E-state index is 0. The van der Waals surface area contributed by atoms with Crippen molar-refractivity contribution in [3.8, 4) is 0 Å². The molecule has 62 valence electrons. The fourth-order valence-corrected chi connectivity index (χ4v) is 2.07. The Morgan fingerprint density at radius 2 is 1.91 bits per heavy atom. The zero-order valence-corrected chi connectivity index (χ0v) is 7.11. The van der Waals surface area contributed by atoms with E-state index in [1.54, 1.807) is 16.7 Å². The molecule has 0 aromatic heterocycles. The standard InChI is InChI=1S/C10H14.H2O/c1-8-6-7-9-4-2-3-5-10(8)9;/h6H,2-5,7H2,1H3;1H2. The van der Waals surface area contributed by atoms with Crippen molar-refractivity contribution in [2.24, 2.45) is 0 Å². The summed E-state index contributed by atoms with van der Waals surface area (Å²) in [6.45, 7) is 2.26. The molecule has 0 amide bonds. The first kappa shape index (κ1) is 8.54. The first-order valence-electron chi connectivity index (χ1n) is 4.26. The summed E-state index contributed by atoms with van der Waals surface area (Å²) in [6.07, 6.45) is 9.24. The lowest BCUT2D eigenvalue weighted by Gasteiger charge is -2.14. The molecule has 0 saturated carbocycles. The fourth-order valence-electron chi connectivity index (χ4n) is 2.07. The van der Waals surface area contributed by atoms with Crippen molar-refractivity contribution in [1.29, 1.82) is 0 Å². The summed E-state index contributed by atoms with van der Waals surface area (Å²) in [4.78, 5) is 0. The molecule has 2 aliphatic rings. The number of rotatable bonds is 0. The molecule has 11 heavy (non-hydrogen) atoms. The van der Waals surface area contributed by atoms with E-state index in [0.717, 1.165) is 0 Å². The maximum Gasteiger partial charge on any atom is -0.0127 e. The maximum atomic E-state index is 2.38. The van der Waals surface area contributed by atoms with E-state index in [-0.39, 0.29) is 5.48 Å². The third-order valence-electron chi connectivity index (χ3n) is 2.71. The fraction of sp³-hybridized carbons (Fsp3) is 0.600. The molecule has 0 radical (unpaired) electrons. The van der Waals surface area contributed by atoms with Gasteiger partial charge in [0.05, 0.1) is 0 Å². The summed E-state index contributed by atoms with van der Waals surface area (Å²) in [6, 6.07) is 0. The Morgan fingerprint density at radius 1 is 1.18 bits per heavy atom. The maximum absolute atomic E-state index is 2.38. The highest BCUT2D eigenvalue weighted by Gasteiger charge is 2.16. The monoisotopic (exact) mass is 152 g/mol. The van der Waals surface area contributed by atoms with Crippen molar-refractivity contribution < 1.29 is 5.48 Å². The van der Waals surface area contributed by atoms with Crippen molar-refractivity contribution in [2.75, 3.05) is 0 Å². The highest BCUT2D eigenvalue weighted by molar-refractivity contribution is 5.42. The van der Waals surface area contributed by atoms with Gasteiger partial charge < -0.3 is 5.48 Å². The SMILES string of the molecule is CC1=CCC2=C1CCCC2.O. The van der Waals surface area contributed by atoms with Crippen molar-refractivity contribution in [1.82, 2.24) is 0 Å². The third-order valence-corrected chi connectivity index (χ3v) is 2.71. The summed E-state index contributed by atoms with van der Waals surface area (Å²) in [5.41, 5.74) is 5.00. The van der Waals surface area contributed by atoms with Gasteiger partial charge in [-0.15, -0.1) is 0 Å². The van der Waals surface area contributed by atoms with Gasteiger partial charge in [0.15, 0.2) is 0 Å². The molecule has 0 aromatic rings. The highest BCUT2D eigenvalue weighted by Crippen LogP contribution is 2.36. The largest absolute Gasteiger partial charge is 0.412 e. The molecule has 0 aromatic carbocycles. The van der Waals surface area contributed by atoms with Gasteiger partial charge in [-0.05, 0) is 44.6 Å². The van der Waals surface area contributed by atoms with Crippen LogP contribution in [0, 0.1) is 0 Å². The molecule has 0 saturated heterocycles. The molecule has 2 N–H and O–H groups in total. The second kappa shape index (κ2) is 3.22. The molecule has 0 fully saturated rings. The highest BCUT2D eigenvalue weighted by atomic mass is 16.0. The van der Waals surface area contributed by atoms with Gasteiger partial charge in [0.2, 0.25) is 0 Å². The van der Waals surface area contributed by atoms with Crippen LogP contribution in [-0.4, -0.2) is 5.48 Å². The zero-order valence-electron chi connectivity index (χ0n) is 7.11. The summed E-state index contributed by atoms with van der Waals surface area (Å²) >= 11 is 0. The number of allylic oxidation sites excluding steroid dienone is 4. The summed E-state index contributed by atoms with van der Waals surface area (Å²) < 4.78 is 0. The Bertz CT molecular complexity index is 211. The van der Waals surface area contributed by atoms with Crippen LogP contribution in [0.2, 0.25) is 0 Å². The van der Waals surface area contributed by atoms with Crippen LogP contribution in [0.15, 0.2) is 22.8 Å². The van der Waals surface area contributed by atoms with Crippen LogP contribution < -0.4 is 0 Å². The van der Waals surface area contributed by atoms with Gasteiger partial charge in [-0.3, -0.25) is 0 Å². The minimum atomic E-state index is 0. The lowest BCUT2D eigenvalue weighted by Crippen LogP contribution is -1.95. The van der Waals surface area contributed by atoms with Crippen molar-refractivity contribution in [3.63, 3.8) is 0 Å². The second-order valence-corrected chi connectivity index (χ2v) is 3.38. The van der Waals surface area contributed by atoms with Gasteiger partial charge >= 0.3 is 0 Å². The smallest absolute Gasteiger partial charge is 0.0127 e. The molecule has 2 aliphatic carbocycles. The summed E-state index contributed by atoms with van der Waals surface area (Å²) in [7, 11) is 0. The normalized spacial score (nSPS) is 22.5. The third kappa shape index (κ3) is 1.38. The van der Waals surface area contributed by atoms with E-state index in [0.29, 0.717) is 0 Å². The van der Waals surface area contributed by atoms with Gasteiger partial charge in [-0.2, -0.15) is 0 Å². The molecule has 0 unspecified atom stereocenters. The lowest BCUT2D eigenvalue weighted by molar-refractivity contribution is 0.677. The second-order valence-electron chi connectivity index (χ2n) is 3.38. The first-order valence-corrected chi connectivity index (χ1v) is 4.26. The van der Waals surface area contributed by atoms with Crippen LogP contribution in [0.25, 0.3) is 0 Å². The predicted molar refractivity (Wildman–Crippen MR) is 47.5 cm³/mol. The Labute approximate surface area is 68.1 Å². The van der Waals surface area contributed by atoms with E-state index in [9.17, 15) is 0 Å². The number of hydrogen-bond acceptors (Lipinski definition) is 0. The van der Waals surface area contributed by atoms with Gasteiger partial charge in [0, 0.05) is 0 Å². The quantitative estimate of drug-likeness (QED) is 0.510. The molecule has 0 heterocycles. The number of hydrogen-bond donors (Lipinski definition) is 0. The van der Waals surface area contributed by atoms with Crippen LogP contribution in [-0.2, 0) is 0 Å². The predicted octanol–water partition coefficient (Wildman–Crippen LogP) is 2.38. The van der Waals surface area contributed by atoms with Crippen LogP contribution >= 0.6 is 0 Å². The molecule has 0 aliphatic heterocycles. The van der Waals surface area contributed by atoms with Gasteiger partial charge in [0.1, 0.15) is 0 Å². The van der Waals surface area contributed by atoms with Crippen LogP contribution in [0.5, 0.6) is 0 Å². The van der Waals surface area contributed by atoms with Gasteiger partial charge in [-0.25, -0.2) is 0 Å². The molecular formula is C10H16O. The molecule has 0 bridgehead atoms. The van der Waals surface area contributed by atoms with Gasteiger partial charge in [-0.1, -0.05) is 17.2 Å². The Kier molecular flexibility index (Phi) is 2.50. The summed E-state index contributed by atoms with van der Waals surface area (Å²) in [5.74, 6) is 0. The van der Waals surface area contributed by atoms with Crippen LogP contribution in [0.1, 0.15) is 39.0 Å². The van der Waals surface area contributed by atoms with E-state index in [1.165, 1.54) is 32.1 Å².